The molecule has 250 valence electrons. The lowest BCUT2D eigenvalue weighted by atomic mass is 9.32. The lowest BCUT2D eigenvalue weighted by Gasteiger charge is -2.73. The Bertz CT molecular complexity index is 1450. The highest BCUT2D eigenvalue weighted by molar-refractivity contribution is 7.86. The third kappa shape index (κ3) is 4.92. The summed E-state index contributed by atoms with van der Waals surface area (Å²) in [6, 6.07) is 7.02. The van der Waals surface area contributed by atoms with Crippen molar-refractivity contribution in [3.8, 4) is 0 Å². The molecular formula is C39H58O5S. The molecular weight excluding hydrogens is 580 g/mol. The first-order chi connectivity index (χ1) is 20.9. The quantitative estimate of drug-likeness (QED) is 0.176. The van der Waals surface area contributed by atoms with Gasteiger partial charge in [0.1, 0.15) is 6.10 Å². The monoisotopic (exact) mass is 638 g/mol. The Balaban J connectivity index is 1.31. The van der Waals surface area contributed by atoms with Crippen LogP contribution in [0.3, 0.4) is 0 Å². The predicted molar refractivity (Wildman–Crippen MR) is 179 cm³/mol. The molecule has 0 bridgehead atoms. The second-order valence-electron chi connectivity index (χ2n) is 17.5. The van der Waals surface area contributed by atoms with Gasteiger partial charge in [-0.05, 0) is 141 Å². The molecule has 5 aliphatic carbocycles. The SMILES string of the molecule is C=C(C)[C@@H]1CC[C@@]2(COS(=O)(=O)c3ccc(C)cc3)CC[C@]3(C)[C@H](CC[C@H]4[C@]5(C)CC[C@H](OC(C)=O)C(C)(C)[C@@H]5CC[C@]43C)[C@@H]12. The standard InChI is InChI=1S/C39H58O5S/c1-25(2)29-16-21-39(24-43-45(41,42)28-12-10-26(3)11-13-28)23-22-37(8)30(34(29)39)14-15-32-36(7)19-18-33(44-27(4)40)35(5,6)31(36)17-20-38(32,37)9/h10-13,29-34H,1,14-24H2,2-9H3/t29-,30+,31-,32-,33-,34+,36+,37+,38+,39-/m0/s1. The lowest BCUT2D eigenvalue weighted by Crippen LogP contribution is -2.67. The van der Waals surface area contributed by atoms with Crippen molar-refractivity contribution in [3.05, 3.63) is 42.0 Å². The molecule has 0 heterocycles. The van der Waals surface area contributed by atoms with Gasteiger partial charge in [-0.2, -0.15) is 8.42 Å². The van der Waals surface area contributed by atoms with Crippen molar-refractivity contribution < 1.29 is 22.1 Å². The molecule has 0 saturated heterocycles. The summed E-state index contributed by atoms with van der Waals surface area (Å²) in [5, 5.41) is 0. The Morgan fingerprint density at radius 2 is 1.53 bits per heavy atom. The number of hydrogen-bond acceptors (Lipinski definition) is 5. The zero-order chi connectivity index (χ0) is 32.8. The van der Waals surface area contributed by atoms with Gasteiger partial charge in [0, 0.05) is 12.3 Å². The third-order valence-corrected chi connectivity index (χ3v) is 16.6. The van der Waals surface area contributed by atoms with Gasteiger partial charge >= 0.3 is 5.97 Å². The fourth-order valence-corrected chi connectivity index (χ4v) is 13.9. The van der Waals surface area contributed by atoms with Crippen molar-refractivity contribution in [1.82, 2.24) is 0 Å². The summed E-state index contributed by atoms with van der Waals surface area (Å²) in [6.07, 6.45) is 11.1. The van der Waals surface area contributed by atoms with Gasteiger partial charge in [-0.15, -0.1) is 0 Å². The van der Waals surface area contributed by atoms with Crippen LogP contribution in [0, 0.1) is 63.6 Å². The van der Waals surface area contributed by atoms with E-state index in [0.717, 1.165) is 44.1 Å². The number of carbonyl (C=O) groups excluding carboxylic acids is 1. The minimum absolute atomic E-state index is 0.00865. The summed E-state index contributed by atoms with van der Waals surface area (Å²) in [4.78, 5) is 12.3. The smallest absolute Gasteiger partial charge is 0.302 e. The maximum Gasteiger partial charge on any atom is 0.302 e. The van der Waals surface area contributed by atoms with E-state index in [2.05, 4.69) is 48.1 Å². The van der Waals surface area contributed by atoms with E-state index in [9.17, 15) is 13.2 Å². The molecule has 0 aromatic heterocycles. The third-order valence-electron chi connectivity index (χ3n) is 15.3. The van der Waals surface area contributed by atoms with Gasteiger partial charge in [-0.1, -0.05) is 64.5 Å². The van der Waals surface area contributed by atoms with Crippen LogP contribution in [0.15, 0.2) is 41.3 Å². The van der Waals surface area contributed by atoms with Crippen molar-refractivity contribution in [2.24, 2.45) is 56.7 Å². The van der Waals surface area contributed by atoms with Crippen molar-refractivity contribution in [2.45, 2.75) is 131 Å². The van der Waals surface area contributed by atoms with E-state index in [1.165, 1.54) is 31.3 Å². The van der Waals surface area contributed by atoms with Crippen LogP contribution in [-0.2, 0) is 23.8 Å². The Morgan fingerprint density at radius 1 is 0.844 bits per heavy atom. The maximum atomic E-state index is 13.4. The number of esters is 1. The number of benzene rings is 1. The Labute approximate surface area is 273 Å². The molecule has 5 fully saturated rings. The Hall–Kier alpha value is -1.66. The number of ether oxygens (including phenoxy) is 1. The van der Waals surface area contributed by atoms with Gasteiger partial charge in [0.2, 0.25) is 0 Å². The minimum Gasteiger partial charge on any atom is -0.462 e. The second-order valence-corrected chi connectivity index (χ2v) is 19.2. The average Bonchev–Trinajstić information content (AvgIpc) is 3.34. The first kappa shape index (κ1) is 33.2. The molecule has 0 unspecified atom stereocenters. The van der Waals surface area contributed by atoms with Gasteiger partial charge in [-0.25, -0.2) is 0 Å². The summed E-state index contributed by atoms with van der Waals surface area (Å²) in [5.41, 5.74) is 2.69. The van der Waals surface area contributed by atoms with Crippen LogP contribution >= 0.6 is 0 Å². The van der Waals surface area contributed by atoms with E-state index in [0.29, 0.717) is 29.6 Å². The van der Waals surface area contributed by atoms with Gasteiger partial charge in [-0.3, -0.25) is 8.98 Å². The summed E-state index contributed by atoms with van der Waals surface area (Å²) in [5.74, 6) is 2.31. The molecule has 1 aromatic carbocycles. The molecule has 6 heteroatoms. The second kappa shape index (κ2) is 10.9. The zero-order valence-electron chi connectivity index (χ0n) is 29.2. The number of rotatable bonds is 6. The number of aryl methyl sites for hydroxylation is 1. The first-order valence-electron chi connectivity index (χ1n) is 17.7. The fraction of sp³-hybridized carbons (Fsp3) is 0.769. The van der Waals surface area contributed by atoms with Gasteiger partial charge in [0.05, 0.1) is 11.5 Å². The van der Waals surface area contributed by atoms with E-state index < -0.39 is 10.1 Å². The van der Waals surface area contributed by atoms with Crippen molar-refractivity contribution in [1.29, 1.82) is 0 Å². The van der Waals surface area contributed by atoms with Crippen LogP contribution in [0.25, 0.3) is 0 Å². The number of hydrogen-bond donors (Lipinski definition) is 0. The van der Waals surface area contributed by atoms with E-state index >= 15 is 0 Å². The van der Waals surface area contributed by atoms with Crippen molar-refractivity contribution in [3.63, 3.8) is 0 Å². The van der Waals surface area contributed by atoms with E-state index in [1.54, 1.807) is 19.1 Å². The van der Waals surface area contributed by atoms with E-state index in [4.69, 9.17) is 8.92 Å². The molecule has 0 radical (unpaired) electrons. The van der Waals surface area contributed by atoms with Crippen LogP contribution in [0.4, 0.5) is 0 Å². The largest absolute Gasteiger partial charge is 0.462 e. The topological polar surface area (TPSA) is 69.7 Å². The molecule has 45 heavy (non-hydrogen) atoms. The average molecular weight is 639 g/mol. The van der Waals surface area contributed by atoms with Gasteiger partial charge in [0.15, 0.2) is 0 Å². The minimum atomic E-state index is -3.83. The Morgan fingerprint density at radius 3 is 2.18 bits per heavy atom. The van der Waals surface area contributed by atoms with Crippen LogP contribution < -0.4 is 0 Å². The molecule has 10 atom stereocenters. The molecule has 0 amide bonds. The maximum absolute atomic E-state index is 13.4. The first-order valence-corrected chi connectivity index (χ1v) is 19.1. The summed E-state index contributed by atoms with van der Waals surface area (Å²) in [6.45, 7) is 23.0. The molecule has 5 aliphatic rings. The van der Waals surface area contributed by atoms with Crippen LogP contribution in [0.5, 0.6) is 0 Å². The highest BCUT2D eigenvalue weighted by Gasteiger charge is 2.71. The normalized spacial score (nSPS) is 43.7. The number of allylic oxidation sites excluding steroid dienone is 1. The number of carbonyl (C=O) groups is 1. The summed E-state index contributed by atoms with van der Waals surface area (Å²) in [7, 11) is -3.83. The van der Waals surface area contributed by atoms with E-state index in [1.807, 2.05) is 19.1 Å². The van der Waals surface area contributed by atoms with E-state index in [-0.39, 0.29) is 50.7 Å². The highest BCUT2D eigenvalue weighted by atomic mass is 32.2. The molecule has 5 saturated carbocycles. The van der Waals surface area contributed by atoms with Crippen LogP contribution in [0.2, 0.25) is 0 Å². The highest BCUT2D eigenvalue weighted by Crippen LogP contribution is 2.77. The molecule has 1 aromatic rings. The summed E-state index contributed by atoms with van der Waals surface area (Å²) < 4.78 is 38.8. The number of fused-ring (bicyclic) bond motifs is 7. The summed E-state index contributed by atoms with van der Waals surface area (Å²) >= 11 is 0. The van der Waals surface area contributed by atoms with Crippen molar-refractivity contribution >= 4 is 16.1 Å². The zero-order valence-corrected chi connectivity index (χ0v) is 30.0. The van der Waals surface area contributed by atoms with Crippen LogP contribution in [0.1, 0.15) is 118 Å². The lowest BCUT2D eigenvalue weighted by molar-refractivity contribution is -0.251. The molecule has 6 rings (SSSR count). The van der Waals surface area contributed by atoms with Gasteiger partial charge in [0.25, 0.3) is 10.1 Å². The molecule has 0 spiro atoms. The molecule has 0 aliphatic heterocycles. The Kier molecular flexibility index (Phi) is 8.08. The molecule has 5 nitrogen and oxygen atoms in total. The molecule has 0 N–H and O–H groups in total. The van der Waals surface area contributed by atoms with Gasteiger partial charge < -0.3 is 4.74 Å². The predicted octanol–water partition coefficient (Wildman–Crippen LogP) is 9.29. The van der Waals surface area contributed by atoms with Crippen molar-refractivity contribution in [2.75, 3.05) is 6.61 Å². The van der Waals surface area contributed by atoms with Crippen LogP contribution in [-0.4, -0.2) is 27.1 Å². The fourth-order valence-electron chi connectivity index (χ4n) is 12.9.